The van der Waals surface area contributed by atoms with Gasteiger partial charge in [0, 0.05) is 6.07 Å². The highest BCUT2D eigenvalue weighted by atomic mass is 35.5. The maximum atomic E-state index is 8.41. The first kappa shape index (κ1) is 10.2. The SMILES string of the molecule is Cc1c(Cl)cccc1[N+]#N.[Cl-]. The molecule has 1 rings (SSSR count). The fraction of sp³-hybridized carbons (Fsp3) is 0.143. The molecular formula is C7H6Cl2N2. The van der Waals surface area contributed by atoms with Gasteiger partial charge in [0.15, 0.2) is 4.98 Å². The summed E-state index contributed by atoms with van der Waals surface area (Å²) >= 11 is 5.72. The van der Waals surface area contributed by atoms with Crippen molar-refractivity contribution in [1.29, 1.82) is 5.39 Å². The van der Waals surface area contributed by atoms with Gasteiger partial charge in [-0.15, -0.1) is 0 Å². The maximum absolute atomic E-state index is 8.41. The molecule has 0 aromatic heterocycles. The lowest BCUT2D eigenvalue weighted by Crippen LogP contribution is -3.00. The maximum Gasteiger partial charge on any atom is 0.389 e. The Morgan fingerprint density at radius 3 is 2.55 bits per heavy atom. The number of benzene rings is 1. The molecule has 0 bridgehead atoms. The van der Waals surface area contributed by atoms with E-state index in [9.17, 15) is 0 Å². The third kappa shape index (κ3) is 2.07. The van der Waals surface area contributed by atoms with Crippen molar-refractivity contribution in [2.24, 2.45) is 0 Å². The average molecular weight is 189 g/mol. The summed E-state index contributed by atoms with van der Waals surface area (Å²) in [6, 6.07) is 5.19. The zero-order valence-electron chi connectivity index (χ0n) is 5.88. The highest BCUT2D eigenvalue weighted by Gasteiger charge is 2.10. The minimum atomic E-state index is 0. The fourth-order valence-electron chi connectivity index (χ4n) is 0.704. The smallest absolute Gasteiger partial charge is 0.389 e. The van der Waals surface area contributed by atoms with Crippen LogP contribution in [0.1, 0.15) is 5.56 Å². The van der Waals surface area contributed by atoms with E-state index < -0.39 is 0 Å². The molecular weight excluding hydrogens is 183 g/mol. The lowest BCUT2D eigenvalue weighted by Gasteiger charge is -1.88. The van der Waals surface area contributed by atoms with Gasteiger partial charge in [-0.1, -0.05) is 17.7 Å². The molecule has 2 nitrogen and oxygen atoms in total. The van der Waals surface area contributed by atoms with Crippen LogP contribution in [-0.4, -0.2) is 0 Å². The van der Waals surface area contributed by atoms with Crippen LogP contribution in [0.3, 0.4) is 0 Å². The molecule has 0 aliphatic heterocycles. The number of hydrogen-bond acceptors (Lipinski definition) is 1. The molecule has 0 spiro atoms. The van der Waals surface area contributed by atoms with Crippen molar-refractivity contribution in [1.82, 2.24) is 0 Å². The summed E-state index contributed by atoms with van der Waals surface area (Å²) in [5, 5.41) is 9.03. The summed E-state index contributed by atoms with van der Waals surface area (Å²) in [7, 11) is 0. The Hall–Kier alpha value is -0.780. The summed E-state index contributed by atoms with van der Waals surface area (Å²) in [6.45, 7) is 1.80. The van der Waals surface area contributed by atoms with Gasteiger partial charge in [0.2, 0.25) is 5.39 Å². The van der Waals surface area contributed by atoms with Crippen molar-refractivity contribution < 1.29 is 12.4 Å². The van der Waals surface area contributed by atoms with E-state index >= 15 is 0 Å². The lowest BCUT2D eigenvalue weighted by atomic mass is 10.2. The lowest BCUT2D eigenvalue weighted by molar-refractivity contribution is -0.00000223. The molecule has 1 aromatic rings. The zero-order valence-corrected chi connectivity index (χ0v) is 7.39. The van der Waals surface area contributed by atoms with Crippen molar-refractivity contribution in [3.05, 3.63) is 33.8 Å². The molecule has 0 unspecified atom stereocenters. The second-order valence-corrected chi connectivity index (χ2v) is 2.39. The second kappa shape index (κ2) is 4.17. The van der Waals surface area contributed by atoms with Crippen LogP contribution in [0, 0.1) is 12.3 Å². The predicted molar refractivity (Wildman–Crippen MR) is 40.9 cm³/mol. The van der Waals surface area contributed by atoms with Gasteiger partial charge < -0.3 is 12.4 Å². The van der Waals surface area contributed by atoms with Crippen molar-refractivity contribution >= 4 is 17.3 Å². The van der Waals surface area contributed by atoms with Gasteiger partial charge in [0.05, 0.1) is 10.6 Å². The Morgan fingerprint density at radius 1 is 1.45 bits per heavy atom. The molecule has 0 saturated heterocycles. The van der Waals surface area contributed by atoms with E-state index in [4.69, 9.17) is 17.0 Å². The van der Waals surface area contributed by atoms with Gasteiger partial charge in [-0.25, -0.2) is 0 Å². The molecule has 11 heavy (non-hydrogen) atoms. The molecule has 4 heteroatoms. The van der Waals surface area contributed by atoms with Crippen molar-refractivity contribution in [2.45, 2.75) is 6.92 Å². The van der Waals surface area contributed by atoms with Crippen molar-refractivity contribution in [3.63, 3.8) is 0 Å². The van der Waals surface area contributed by atoms with Crippen LogP contribution in [-0.2, 0) is 0 Å². The largest absolute Gasteiger partial charge is 1.00 e. The second-order valence-electron chi connectivity index (χ2n) is 1.98. The van der Waals surface area contributed by atoms with Crippen LogP contribution in [0.2, 0.25) is 5.02 Å². The first-order valence-electron chi connectivity index (χ1n) is 2.86. The highest BCUT2D eigenvalue weighted by molar-refractivity contribution is 6.31. The number of nitrogens with zero attached hydrogens (tertiary/aromatic N) is 2. The van der Waals surface area contributed by atoms with E-state index in [1.165, 1.54) is 0 Å². The van der Waals surface area contributed by atoms with Gasteiger partial charge in [-0.3, -0.25) is 0 Å². The monoisotopic (exact) mass is 188 g/mol. The molecule has 0 amide bonds. The molecule has 0 fully saturated rings. The molecule has 0 N–H and O–H groups in total. The summed E-state index contributed by atoms with van der Waals surface area (Å²) in [4.78, 5) is 3.05. The Labute approximate surface area is 76.2 Å². The van der Waals surface area contributed by atoms with Gasteiger partial charge in [0.25, 0.3) is 0 Å². The van der Waals surface area contributed by atoms with Crippen molar-refractivity contribution in [2.75, 3.05) is 0 Å². The molecule has 58 valence electrons. The molecule has 0 aliphatic carbocycles. The first-order valence-corrected chi connectivity index (χ1v) is 3.23. The molecule has 0 atom stereocenters. The summed E-state index contributed by atoms with van der Waals surface area (Å²) in [6.07, 6.45) is 0. The van der Waals surface area contributed by atoms with Crippen LogP contribution in [0.4, 0.5) is 5.69 Å². The number of hydrogen-bond donors (Lipinski definition) is 0. The zero-order chi connectivity index (χ0) is 7.56. The van der Waals surface area contributed by atoms with Gasteiger partial charge in [-0.05, 0) is 13.0 Å². The molecule has 0 saturated carbocycles. The summed E-state index contributed by atoms with van der Waals surface area (Å²) < 4.78 is 0. The summed E-state index contributed by atoms with van der Waals surface area (Å²) in [5.41, 5.74) is 1.32. The standard InChI is InChI=1S/C7H6ClN2.ClH/c1-5-6(8)3-2-4-7(5)10-9;/h2-4H,1H3;1H/q+1;/p-1. The number of rotatable bonds is 0. The molecule has 0 radical (unpaired) electrons. The Balaban J connectivity index is 0.000001000. The van der Waals surface area contributed by atoms with Crippen LogP contribution < -0.4 is 12.4 Å². The van der Waals surface area contributed by atoms with E-state index in [-0.39, 0.29) is 12.4 Å². The summed E-state index contributed by atoms with van der Waals surface area (Å²) in [5.74, 6) is 0. The van der Waals surface area contributed by atoms with Gasteiger partial charge in [-0.2, -0.15) is 0 Å². The Morgan fingerprint density at radius 2 is 2.09 bits per heavy atom. The predicted octanol–water partition coefficient (Wildman–Crippen LogP) is 0.137. The topological polar surface area (TPSA) is 28.1 Å². The minimum Gasteiger partial charge on any atom is -1.00 e. The quantitative estimate of drug-likeness (QED) is 0.533. The average Bonchev–Trinajstić information content (AvgIpc) is 1.95. The number of halogens is 2. The van der Waals surface area contributed by atoms with Gasteiger partial charge in [0.1, 0.15) is 0 Å². The van der Waals surface area contributed by atoms with Crippen LogP contribution in [0.15, 0.2) is 18.2 Å². The van der Waals surface area contributed by atoms with E-state index in [0.717, 1.165) is 5.56 Å². The van der Waals surface area contributed by atoms with Crippen LogP contribution >= 0.6 is 11.6 Å². The van der Waals surface area contributed by atoms with Crippen molar-refractivity contribution in [3.8, 4) is 0 Å². The third-order valence-electron chi connectivity index (χ3n) is 1.35. The van der Waals surface area contributed by atoms with E-state index in [1.807, 2.05) is 0 Å². The normalized spacial score (nSPS) is 8.09. The highest BCUT2D eigenvalue weighted by Crippen LogP contribution is 2.24. The van der Waals surface area contributed by atoms with E-state index in [1.54, 1.807) is 25.1 Å². The van der Waals surface area contributed by atoms with Crippen LogP contribution in [0.5, 0.6) is 0 Å². The number of diazo groups is 1. The molecule has 0 heterocycles. The van der Waals surface area contributed by atoms with Crippen LogP contribution in [0.25, 0.3) is 4.98 Å². The molecule has 0 aliphatic rings. The Bertz CT molecular complexity index is 291. The third-order valence-corrected chi connectivity index (χ3v) is 1.76. The minimum absolute atomic E-state index is 0. The first-order chi connectivity index (χ1) is 4.75. The Kier molecular flexibility index (Phi) is 3.88. The molecule has 1 aromatic carbocycles. The fourth-order valence-corrected chi connectivity index (χ4v) is 0.874. The van der Waals surface area contributed by atoms with E-state index in [0.29, 0.717) is 10.7 Å². The van der Waals surface area contributed by atoms with Gasteiger partial charge >= 0.3 is 5.69 Å². The van der Waals surface area contributed by atoms with E-state index in [2.05, 4.69) is 4.98 Å².